The third-order valence-corrected chi connectivity index (χ3v) is 3.23. The van der Waals surface area contributed by atoms with Crippen molar-refractivity contribution in [2.24, 2.45) is 0 Å². The van der Waals surface area contributed by atoms with Crippen molar-refractivity contribution in [3.63, 3.8) is 0 Å². The van der Waals surface area contributed by atoms with Gasteiger partial charge in [0.1, 0.15) is 0 Å². The summed E-state index contributed by atoms with van der Waals surface area (Å²) in [6.45, 7) is 0.667. The van der Waals surface area contributed by atoms with E-state index in [1.807, 2.05) is 12.1 Å². The van der Waals surface area contributed by atoms with Crippen LogP contribution in [0.4, 0.5) is 0 Å². The summed E-state index contributed by atoms with van der Waals surface area (Å²) in [6.07, 6.45) is 1.68. The second kappa shape index (κ2) is 7.13. The van der Waals surface area contributed by atoms with Gasteiger partial charge in [-0.2, -0.15) is 0 Å². The van der Waals surface area contributed by atoms with E-state index in [1.165, 1.54) is 0 Å². The molecule has 2 nitrogen and oxygen atoms in total. The minimum atomic E-state index is -0.397. The van der Waals surface area contributed by atoms with Crippen LogP contribution in [-0.2, 0) is 11.2 Å². The molecule has 0 aliphatic heterocycles. The van der Waals surface area contributed by atoms with Gasteiger partial charge in [0.05, 0.1) is 16.1 Å². The zero-order valence-electron chi connectivity index (χ0n) is 9.25. The summed E-state index contributed by atoms with van der Waals surface area (Å²) in [6, 6.07) is 5.46. The highest BCUT2D eigenvalue weighted by molar-refractivity contribution is 6.42. The molecule has 1 rings (SSSR count). The minimum Gasteiger partial charge on any atom is -0.393 e. The Hall–Kier alpha value is -0.280. The van der Waals surface area contributed by atoms with Crippen LogP contribution in [0.5, 0.6) is 0 Å². The number of methoxy groups -OCH3 is 1. The topological polar surface area (TPSA) is 29.5 Å². The standard InChI is InChI=1S/C12H16Cl2O2/c1-16-7-3-5-10(15)8-9-4-2-6-11(13)12(9)14/h2,4,6,10,15H,3,5,7-8H2,1H3. The van der Waals surface area contributed by atoms with Gasteiger partial charge < -0.3 is 9.84 Å². The molecule has 0 saturated heterocycles. The smallest absolute Gasteiger partial charge is 0.0625 e. The van der Waals surface area contributed by atoms with Crippen molar-refractivity contribution in [3.8, 4) is 0 Å². The van der Waals surface area contributed by atoms with Crippen molar-refractivity contribution >= 4 is 23.2 Å². The molecule has 1 atom stereocenters. The Morgan fingerprint density at radius 1 is 1.38 bits per heavy atom. The summed E-state index contributed by atoms with van der Waals surface area (Å²) in [5.74, 6) is 0. The van der Waals surface area contributed by atoms with Gasteiger partial charge in [0.2, 0.25) is 0 Å². The maximum absolute atomic E-state index is 9.79. The van der Waals surface area contributed by atoms with Crippen LogP contribution < -0.4 is 0 Å². The summed E-state index contributed by atoms with van der Waals surface area (Å²) >= 11 is 11.9. The Labute approximate surface area is 106 Å². The number of rotatable bonds is 6. The van der Waals surface area contributed by atoms with Crippen LogP contribution in [0, 0.1) is 0 Å². The molecule has 0 bridgehead atoms. The Balaban J connectivity index is 2.49. The number of aliphatic hydroxyl groups is 1. The van der Waals surface area contributed by atoms with E-state index in [-0.39, 0.29) is 0 Å². The van der Waals surface area contributed by atoms with Gasteiger partial charge in [0.25, 0.3) is 0 Å². The van der Waals surface area contributed by atoms with Crippen LogP contribution in [0.3, 0.4) is 0 Å². The summed E-state index contributed by atoms with van der Waals surface area (Å²) in [7, 11) is 1.65. The van der Waals surface area contributed by atoms with Gasteiger partial charge in [0.15, 0.2) is 0 Å². The van der Waals surface area contributed by atoms with E-state index in [1.54, 1.807) is 13.2 Å². The number of ether oxygens (including phenoxy) is 1. The molecule has 0 aliphatic rings. The monoisotopic (exact) mass is 262 g/mol. The molecule has 0 aliphatic carbocycles. The lowest BCUT2D eigenvalue weighted by molar-refractivity contribution is 0.135. The molecule has 1 aromatic carbocycles. The van der Waals surface area contributed by atoms with Gasteiger partial charge in [-0.1, -0.05) is 35.3 Å². The van der Waals surface area contributed by atoms with Crippen LogP contribution in [0.15, 0.2) is 18.2 Å². The predicted molar refractivity (Wildman–Crippen MR) is 67.3 cm³/mol. The molecular formula is C12H16Cl2O2. The van der Waals surface area contributed by atoms with Crippen molar-refractivity contribution in [2.75, 3.05) is 13.7 Å². The number of benzene rings is 1. The van der Waals surface area contributed by atoms with E-state index >= 15 is 0 Å². The fraction of sp³-hybridized carbons (Fsp3) is 0.500. The Bertz CT molecular complexity index is 329. The van der Waals surface area contributed by atoms with Gasteiger partial charge in [-0.15, -0.1) is 0 Å². The van der Waals surface area contributed by atoms with Crippen molar-refractivity contribution in [1.82, 2.24) is 0 Å². The van der Waals surface area contributed by atoms with Crippen LogP contribution in [0.2, 0.25) is 10.0 Å². The molecule has 0 fully saturated rings. The molecule has 1 N–H and O–H groups in total. The number of hydrogen-bond acceptors (Lipinski definition) is 2. The lowest BCUT2D eigenvalue weighted by atomic mass is 10.0. The normalized spacial score (nSPS) is 12.8. The molecular weight excluding hydrogens is 247 g/mol. The van der Waals surface area contributed by atoms with E-state index in [0.29, 0.717) is 29.5 Å². The fourth-order valence-electron chi connectivity index (χ4n) is 1.53. The number of halogens is 2. The zero-order chi connectivity index (χ0) is 12.0. The highest BCUT2D eigenvalue weighted by Gasteiger charge is 2.10. The van der Waals surface area contributed by atoms with Crippen molar-refractivity contribution < 1.29 is 9.84 Å². The average molecular weight is 263 g/mol. The highest BCUT2D eigenvalue weighted by Crippen LogP contribution is 2.26. The van der Waals surface area contributed by atoms with Crippen LogP contribution in [0.25, 0.3) is 0 Å². The molecule has 1 aromatic rings. The van der Waals surface area contributed by atoms with Crippen LogP contribution >= 0.6 is 23.2 Å². The molecule has 0 aromatic heterocycles. The molecule has 0 saturated carbocycles. The average Bonchev–Trinajstić information content (AvgIpc) is 2.25. The van der Waals surface area contributed by atoms with Crippen molar-refractivity contribution in [3.05, 3.63) is 33.8 Å². The van der Waals surface area contributed by atoms with Gasteiger partial charge >= 0.3 is 0 Å². The first-order chi connectivity index (χ1) is 7.65. The molecule has 1 unspecified atom stereocenters. The molecule has 16 heavy (non-hydrogen) atoms. The van der Waals surface area contributed by atoms with E-state index in [9.17, 15) is 5.11 Å². The maximum atomic E-state index is 9.79. The summed E-state index contributed by atoms with van der Waals surface area (Å²) in [5, 5.41) is 10.9. The van der Waals surface area contributed by atoms with Gasteiger partial charge in [-0.25, -0.2) is 0 Å². The minimum absolute atomic E-state index is 0.397. The third-order valence-electron chi connectivity index (χ3n) is 2.37. The second-order valence-corrected chi connectivity index (χ2v) is 4.49. The second-order valence-electron chi connectivity index (χ2n) is 3.71. The highest BCUT2D eigenvalue weighted by atomic mass is 35.5. The van der Waals surface area contributed by atoms with E-state index in [0.717, 1.165) is 12.0 Å². The molecule has 0 amide bonds. The molecule has 0 radical (unpaired) electrons. The van der Waals surface area contributed by atoms with Crippen molar-refractivity contribution in [2.45, 2.75) is 25.4 Å². The quantitative estimate of drug-likeness (QED) is 0.798. The predicted octanol–water partition coefficient (Wildman–Crippen LogP) is 3.32. The van der Waals surface area contributed by atoms with Gasteiger partial charge in [-0.3, -0.25) is 0 Å². The molecule has 4 heteroatoms. The lowest BCUT2D eigenvalue weighted by Crippen LogP contribution is -2.11. The summed E-state index contributed by atoms with van der Waals surface area (Å²) in [4.78, 5) is 0. The van der Waals surface area contributed by atoms with E-state index in [4.69, 9.17) is 27.9 Å². The number of aliphatic hydroxyl groups excluding tert-OH is 1. The first-order valence-corrected chi connectivity index (χ1v) is 6.00. The van der Waals surface area contributed by atoms with Crippen molar-refractivity contribution in [1.29, 1.82) is 0 Å². The van der Waals surface area contributed by atoms with Gasteiger partial charge in [-0.05, 0) is 30.9 Å². The summed E-state index contributed by atoms with van der Waals surface area (Å²) in [5.41, 5.74) is 0.888. The van der Waals surface area contributed by atoms with Gasteiger partial charge in [0, 0.05) is 13.7 Å². The molecule has 0 spiro atoms. The Kier molecular flexibility index (Phi) is 6.14. The molecule has 0 heterocycles. The SMILES string of the molecule is COCCCC(O)Cc1cccc(Cl)c1Cl. The maximum Gasteiger partial charge on any atom is 0.0625 e. The Morgan fingerprint density at radius 2 is 2.12 bits per heavy atom. The number of hydrogen-bond donors (Lipinski definition) is 1. The Morgan fingerprint density at radius 3 is 2.81 bits per heavy atom. The largest absolute Gasteiger partial charge is 0.393 e. The van der Waals surface area contributed by atoms with Crippen LogP contribution in [-0.4, -0.2) is 24.9 Å². The summed E-state index contributed by atoms with van der Waals surface area (Å²) < 4.78 is 4.93. The zero-order valence-corrected chi connectivity index (χ0v) is 10.8. The molecule has 90 valence electrons. The first-order valence-electron chi connectivity index (χ1n) is 5.25. The van der Waals surface area contributed by atoms with Crippen LogP contribution in [0.1, 0.15) is 18.4 Å². The lowest BCUT2D eigenvalue weighted by Gasteiger charge is -2.12. The van der Waals surface area contributed by atoms with E-state index < -0.39 is 6.10 Å². The first kappa shape index (κ1) is 13.8. The fourth-order valence-corrected chi connectivity index (χ4v) is 1.92. The third kappa shape index (κ3) is 4.30. The van der Waals surface area contributed by atoms with E-state index in [2.05, 4.69) is 0 Å².